The number of nitro benzene ring substituents is 1. The summed E-state index contributed by atoms with van der Waals surface area (Å²) in [5, 5.41) is 13.4. The normalized spacial score (nSPS) is 11.7. The van der Waals surface area contributed by atoms with Gasteiger partial charge in [0.1, 0.15) is 10.8 Å². The van der Waals surface area contributed by atoms with Gasteiger partial charge in [0.25, 0.3) is 11.6 Å². The Labute approximate surface area is 164 Å². The van der Waals surface area contributed by atoms with Crippen molar-refractivity contribution in [3.63, 3.8) is 0 Å². The fourth-order valence-corrected chi connectivity index (χ4v) is 2.94. The van der Waals surface area contributed by atoms with Crippen LogP contribution in [0.2, 0.25) is 5.02 Å². The summed E-state index contributed by atoms with van der Waals surface area (Å²) in [4.78, 5) is 22.3. The number of ether oxygens (including phenoxy) is 1. The first kappa shape index (κ1) is 20.2. The average molecular weight is 442 g/mol. The lowest BCUT2D eigenvalue weighted by Gasteiger charge is -2.13. The number of amides is 1. The molecule has 2 aromatic rings. The first-order valence-corrected chi connectivity index (χ1v) is 9.15. The predicted octanol–water partition coefficient (Wildman–Crippen LogP) is 5.54. The smallest absolute Gasteiger partial charge is 0.289 e. The summed E-state index contributed by atoms with van der Waals surface area (Å²) < 4.78 is 6.29. The van der Waals surface area contributed by atoms with Crippen LogP contribution >= 0.6 is 27.5 Å². The van der Waals surface area contributed by atoms with Crippen molar-refractivity contribution in [1.82, 2.24) is 0 Å². The zero-order valence-corrected chi connectivity index (χ0v) is 16.6. The van der Waals surface area contributed by atoms with Crippen LogP contribution in [0, 0.1) is 10.1 Å². The first-order chi connectivity index (χ1) is 12.3. The molecule has 1 N–H and O–H groups in total. The summed E-state index contributed by atoms with van der Waals surface area (Å²) in [6.45, 7) is 4.03. The maximum atomic E-state index is 12.0. The third-order valence-electron chi connectivity index (χ3n) is 3.92. The van der Waals surface area contributed by atoms with Crippen molar-refractivity contribution in [2.24, 2.45) is 0 Å². The van der Waals surface area contributed by atoms with Gasteiger partial charge in [-0.05, 0) is 58.1 Å². The summed E-state index contributed by atoms with van der Waals surface area (Å²) in [5.74, 6) is 0.554. The lowest BCUT2D eigenvalue weighted by Crippen LogP contribution is -2.20. The highest BCUT2D eigenvalue weighted by Gasteiger charge is 2.14. The molecule has 6 nitrogen and oxygen atoms in total. The average Bonchev–Trinajstić information content (AvgIpc) is 2.61. The number of hydrogen-bond acceptors (Lipinski definition) is 4. The molecule has 0 saturated carbocycles. The summed E-state index contributed by atoms with van der Waals surface area (Å²) >= 11 is 9.20. The third-order valence-corrected chi connectivity index (χ3v) is 4.86. The topological polar surface area (TPSA) is 81.5 Å². The van der Waals surface area contributed by atoms with Crippen LogP contribution in [0.5, 0.6) is 5.75 Å². The second-order valence-corrected chi connectivity index (χ2v) is 7.02. The number of rotatable bonds is 7. The molecule has 2 rings (SSSR count). The van der Waals surface area contributed by atoms with Gasteiger partial charge in [-0.3, -0.25) is 14.9 Å². The SMILES string of the molecule is CCC(C)c1ccc(OCC(=O)Nc2ccc(Cl)c([N+](=O)[O-])c2)c(Br)c1. The van der Waals surface area contributed by atoms with Gasteiger partial charge in [0.15, 0.2) is 6.61 Å². The Morgan fingerprint density at radius 2 is 2.08 bits per heavy atom. The minimum absolute atomic E-state index is 0.00887. The van der Waals surface area contributed by atoms with Crippen LogP contribution in [-0.2, 0) is 4.79 Å². The number of nitrogens with zero attached hydrogens (tertiary/aromatic N) is 1. The van der Waals surface area contributed by atoms with Crippen LogP contribution in [0.15, 0.2) is 40.9 Å². The molecular weight excluding hydrogens is 424 g/mol. The molecule has 0 heterocycles. The van der Waals surface area contributed by atoms with E-state index < -0.39 is 10.8 Å². The largest absolute Gasteiger partial charge is 0.483 e. The standard InChI is InChI=1S/C18H18BrClN2O4/c1-3-11(2)12-4-7-17(14(19)8-12)26-10-18(23)21-13-5-6-15(20)16(9-13)22(24)25/h4-9,11H,3,10H2,1-2H3,(H,21,23). The van der Waals surface area contributed by atoms with E-state index in [4.69, 9.17) is 16.3 Å². The fourth-order valence-electron chi connectivity index (χ4n) is 2.25. The first-order valence-electron chi connectivity index (χ1n) is 7.97. The molecule has 1 unspecified atom stereocenters. The van der Waals surface area contributed by atoms with E-state index in [1.807, 2.05) is 18.2 Å². The minimum atomic E-state index is -0.607. The number of hydrogen-bond donors (Lipinski definition) is 1. The lowest BCUT2D eigenvalue weighted by molar-refractivity contribution is -0.384. The van der Waals surface area contributed by atoms with Crippen molar-refractivity contribution in [1.29, 1.82) is 0 Å². The Bertz CT molecular complexity index is 829. The van der Waals surface area contributed by atoms with E-state index in [-0.39, 0.29) is 23.0 Å². The van der Waals surface area contributed by atoms with Crippen molar-refractivity contribution < 1.29 is 14.5 Å². The second-order valence-electron chi connectivity index (χ2n) is 5.76. The van der Waals surface area contributed by atoms with E-state index in [0.29, 0.717) is 11.7 Å². The number of nitro groups is 1. The van der Waals surface area contributed by atoms with Crippen LogP contribution in [-0.4, -0.2) is 17.4 Å². The van der Waals surface area contributed by atoms with Crippen LogP contribution in [0.25, 0.3) is 0 Å². The maximum Gasteiger partial charge on any atom is 0.289 e. The van der Waals surface area contributed by atoms with E-state index in [1.54, 1.807) is 0 Å². The Hall–Kier alpha value is -2.12. The van der Waals surface area contributed by atoms with Crippen molar-refractivity contribution in [3.05, 3.63) is 61.6 Å². The number of halogens is 2. The number of carbonyl (C=O) groups is 1. The highest BCUT2D eigenvalue weighted by Crippen LogP contribution is 2.30. The molecule has 0 bridgehead atoms. The molecule has 0 aliphatic carbocycles. The van der Waals surface area contributed by atoms with Gasteiger partial charge in [0.05, 0.1) is 9.40 Å². The van der Waals surface area contributed by atoms with E-state index in [2.05, 4.69) is 35.1 Å². The Balaban J connectivity index is 1.99. The summed E-state index contributed by atoms with van der Waals surface area (Å²) in [6, 6.07) is 9.81. The summed E-state index contributed by atoms with van der Waals surface area (Å²) in [6.07, 6.45) is 1.03. The van der Waals surface area contributed by atoms with Crippen molar-refractivity contribution in [3.8, 4) is 5.75 Å². The van der Waals surface area contributed by atoms with Crippen LogP contribution < -0.4 is 10.1 Å². The minimum Gasteiger partial charge on any atom is -0.483 e. The third kappa shape index (κ3) is 5.19. The zero-order valence-electron chi connectivity index (χ0n) is 14.3. The van der Waals surface area contributed by atoms with E-state index in [0.717, 1.165) is 10.9 Å². The molecule has 0 fully saturated rings. The van der Waals surface area contributed by atoms with Gasteiger partial charge in [0.2, 0.25) is 0 Å². The molecule has 2 aromatic carbocycles. The fraction of sp³-hybridized carbons (Fsp3) is 0.278. The molecule has 0 aliphatic heterocycles. The molecule has 1 amide bonds. The van der Waals surface area contributed by atoms with Crippen molar-refractivity contribution in [2.45, 2.75) is 26.2 Å². The lowest BCUT2D eigenvalue weighted by atomic mass is 9.99. The van der Waals surface area contributed by atoms with E-state index >= 15 is 0 Å². The molecule has 0 spiro atoms. The van der Waals surface area contributed by atoms with Gasteiger partial charge < -0.3 is 10.1 Å². The quantitative estimate of drug-likeness (QED) is 0.451. The summed E-state index contributed by atoms with van der Waals surface area (Å²) in [7, 11) is 0. The Kier molecular flexibility index (Phi) is 6.99. The molecule has 0 saturated heterocycles. The van der Waals surface area contributed by atoms with Gasteiger partial charge >= 0.3 is 0 Å². The number of benzene rings is 2. The molecule has 1 atom stereocenters. The van der Waals surface area contributed by atoms with E-state index in [9.17, 15) is 14.9 Å². The molecule has 138 valence electrons. The zero-order chi connectivity index (χ0) is 19.3. The van der Waals surface area contributed by atoms with Gasteiger partial charge in [-0.1, -0.05) is 31.5 Å². The molecule has 0 aromatic heterocycles. The highest BCUT2D eigenvalue weighted by atomic mass is 79.9. The van der Waals surface area contributed by atoms with Gasteiger partial charge in [-0.2, -0.15) is 0 Å². The monoisotopic (exact) mass is 440 g/mol. The number of anilines is 1. The maximum absolute atomic E-state index is 12.0. The van der Waals surface area contributed by atoms with Crippen LogP contribution in [0.3, 0.4) is 0 Å². The molecule has 26 heavy (non-hydrogen) atoms. The van der Waals surface area contributed by atoms with Gasteiger partial charge in [-0.25, -0.2) is 0 Å². The molecule has 0 aliphatic rings. The predicted molar refractivity (Wildman–Crippen MR) is 105 cm³/mol. The Morgan fingerprint density at radius 3 is 2.69 bits per heavy atom. The van der Waals surface area contributed by atoms with Crippen LogP contribution in [0.4, 0.5) is 11.4 Å². The second kappa shape index (κ2) is 9.00. The number of nitrogens with one attached hydrogen (secondary N) is 1. The van der Waals surface area contributed by atoms with Crippen LogP contribution in [0.1, 0.15) is 31.7 Å². The molecule has 0 radical (unpaired) electrons. The highest BCUT2D eigenvalue weighted by molar-refractivity contribution is 9.10. The molecular formula is C18H18BrClN2O4. The van der Waals surface area contributed by atoms with Gasteiger partial charge in [-0.15, -0.1) is 0 Å². The molecule has 8 heteroatoms. The summed E-state index contributed by atoms with van der Waals surface area (Å²) in [5.41, 5.74) is 1.19. The van der Waals surface area contributed by atoms with Crippen molar-refractivity contribution in [2.75, 3.05) is 11.9 Å². The number of carbonyl (C=O) groups excluding carboxylic acids is 1. The van der Waals surface area contributed by atoms with Gasteiger partial charge in [0, 0.05) is 11.8 Å². The van der Waals surface area contributed by atoms with Crippen molar-refractivity contribution >= 4 is 44.8 Å². The van der Waals surface area contributed by atoms with E-state index in [1.165, 1.54) is 23.8 Å². The Morgan fingerprint density at radius 1 is 1.35 bits per heavy atom.